The number of anilines is 2. The van der Waals surface area contributed by atoms with Crippen molar-refractivity contribution in [2.45, 2.75) is 65.7 Å². The van der Waals surface area contributed by atoms with E-state index in [0.717, 1.165) is 34.5 Å². The standard InChI is InChI=1S/C31H31BrN8O3/c1-15-6-7-25(32)35-28(15)36-30(43)23-10-31(4)11-24(31)40(23)26(42)14-39-22-8-18-13-38(5)29-21(12-33-17(3)34-29)19(18)9-20(22)27(37-39)16(2)41/h6-9,12,23-24H,10-11,13-14H2,1-5H3,(H,35,36,43)/t23-,24+,31-/m0/s1. The molecule has 1 saturated heterocycles. The molecule has 2 aliphatic heterocycles. The van der Waals surface area contributed by atoms with Crippen LogP contribution in [0, 0.1) is 19.3 Å². The number of hydrogen-bond acceptors (Lipinski definition) is 8. The average molecular weight is 644 g/mol. The van der Waals surface area contributed by atoms with E-state index in [-0.39, 0.29) is 35.6 Å². The zero-order valence-electron chi connectivity index (χ0n) is 24.6. The number of amides is 2. The van der Waals surface area contributed by atoms with E-state index < -0.39 is 6.04 Å². The van der Waals surface area contributed by atoms with Gasteiger partial charge in [-0.15, -0.1) is 0 Å². The summed E-state index contributed by atoms with van der Waals surface area (Å²) >= 11 is 3.37. The minimum absolute atomic E-state index is 0.0113. The maximum atomic E-state index is 14.0. The molecule has 2 amide bonds. The summed E-state index contributed by atoms with van der Waals surface area (Å²) in [5.41, 5.74) is 4.63. The molecule has 0 unspecified atom stereocenters. The maximum Gasteiger partial charge on any atom is 0.248 e. The van der Waals surface area contributed by atoms with Crippen molar-refractivity contribution in [3.8, 4) is 11.1 Å². The number of benzene rings is 1. The summed E-state index contributed by atoms with van der Waals surface area (Å²) in [6.45, 7) is 7.87. The van der Waals surface area contributed by atoms with Crippen LogP contribution in [0.5, 0.6) is 0 Å². The van der Waals surface area contributed by atoms with Gasteiger partial charge in [-0.25, -0.2) is 15.0 Å². The third-order valence-corrected chi connectivity index (χ3v) is 9.51. The lowest BCUT2D eigenvalue weighted by atomic mass is 9.94. The zero-order valence-corrected chi connectivity index (χ0v) is 26.2. The highest BCUT2D eigenvalue weighted by Gasteiger charge is 2.64. The third kappa shape index (κ3) is 4.50. The van der Waals surface area contributed by atoms with Crippen LogP contribution in [0.2, 0.25) is 0 Å². The van der Waals surface area contributed by atoms with E-state index in [0.29, 0.717) is 45.8 Å². The number of nitrogens with one attached hydrogen (secondary N) is 1. The summed E-state index contributed by atoms with van der Waals surface area (Å²) in [6, 6.07) is 7.04. The van der Waals surface area contributed by atoms with Crippen molar-refractivity contribution in [3.05, 3.63) is 57.7 Å². The van der Waals surface area contributed by atoms with Crippen LogP contribution in [0.4, 0.5) is 11.6 Å². The second kappa shape index (κ2) is 9.66. The van der Waals surface area contributed by atoms with Crippen LogP contribution in [0.25, 0.3) is 22.0 Å². The Kier molecular flexibility index (Phi) is 6.21. The second-order valence-corrected chi connectivity index (χ2v) is 13.1. The monoisotopic (exact) mass is 642 g/mol. The highest BCUT2D eigenvalue weighted by atomic mass is 79.9. The fraction of sp³-hybridized carbons (Fsp3) is 0.387. The first-order valence-electron chi connectivity index (χ1n) is 14.3. The van der Waals surface area contributed by atoms with Crippen LogP contribution in [0.1, 0.15) is 54.1 Å². The Morgan fingerprint density at radius 1 is 1.12 bits per heavy atom. The van der Waals surface area contributed by atoms with Crippen molar-refractivity contribution in [1.82, 2.24) is 29.6 Å². The molecule has 43 heavy (non-hydrogen) atoms. The van der Waals surface area contributed by atoms with Crippen LogP contribution in [0.3, 0.4) is 0 Å². The number of carbonyl (C=O) groups excluding carboxylic acids is 3. The van der Waals surface area contributed by atoms with Gasteiger partial charge in [0, 0.05) is 43.7 Å². The molecule has 3 aromatic heterocycles. The van der Waals surface area contributed by atoms with E-state index in [1.807, 2.05) is 51.4 Å². The van der Waals surface area contributed by atoms with Crippen molar-refractivity contribution in [1.29, 1.82) is 0 Å². The Bertz CT molecular complexity index is 1890. The summed E-state index contributed by atoms with van der Waals surface area (Å²) in [4.78, 5) is 57.5. The normalized spacial score (nSPS) is 21.8. The van der Waals surface area contributed by atoms with Crippen LogP contribution < -0.4 is 10.2 Å². The summed E-state index contributed by atoms with van der Waals surface area (Å²) in [7, 11) is 1.98. The van der Waals surface area contributed by atoms with Crippen molar-refractivity contribution in [2.24, 2.45) is 5.41 Å². The molecule has 11 nitrogen and oxygen atoms in total. The van der Waals surface area contributed by atoms with Gasteiger partial charge >= 0.3 is 0 Å². The van der Waals surface area contributed by atoms with E-state index in [4.69, 9.17) is 0 Å². The summed E-state index contributed by atoms with van der Waals surface area (Å²) in [5.74, 6) is 1.36. The number of aromatic nitrogens is 5. The minimum atomic E-state index is -0.619. The first kappa shape index (κ1) is 27.6. The number of carbonyl (C=O) groups is 3. The topological polar surface area (TPSA) is 126 Å². The molecule has 12 heteroatoms. The molecule has 1 aliphatic carbocycles. The van der Waals surface area contributed by atoms with Gasteiger partial charge in [-0.05, 0) is 82.9 Å². The molecule has 5 heterocycles. The van der Waals surface area contributed by atoms with Gasteiger partial charge in [-0.3, -0.25) is 19.1 Å². The largest absolute Gasteiger partial charge is 0.355 e. The number of ketones is 1. The molecule has 220 valence electrons. The van der Waals surface area contributed by atoms with Crippen molar-refractivity contribution >= 4 is 56.1 Å². The number of piperidine rings is 1. The number of halogens is 1. The fourth-order valence-corrected chi connectivity index (χ4v) is 7.01. The molecule has 4 aromatic rings. The minimum Gasteiger partial charge on any atom is -0.355 e. The van der Waals surface area contributed by atoms with Crippen LogP contribution in [-0.4, -0.2) is 66.4 Å². The number of aryl methyl sites for hydroxylation is 2. The molecule has 2 fully saturated rings. The van der Waals surface area contributed by atoms with E-state index >= 15 is 0 Å². The lowest BCUT2D eigenvalue weighted by molar-refractivity contribution is -0.138. The molecular formula is C31H31BrN8O3. The maximum absolute atomic E-state index is 14.0. The van der Waals surface area contributed by atoms with Gasteiger partial charge in [0.1, 0.15) is 40.3 Å². The fourth-order valence-electron chi connectivity index (χ4n) is 6.70. The van der Waals surface area contributed by atoms with Crippen molar-refractivity contribution in [2.75, 3.05) is 17.3 Å². The number of Topliss-reactive ketones (excluding diaryl/α,β-unsaturated/α-hetero) is 1. The molecule has 1 saturated carbocycles. The zero-order chi connectivity index (χ0) is 30.4. The lowest BCUT2D eigenvalue weighted by Crippen LogP contribution is -2.47. The predicted molar refractivity (Wildman–Crippen MR) is 165 cm³/mol. The van der Waals surface area contributed by atoms with Gasteiger partial charge < -0.3 is 15.1 Å². The first-order chi connectivity index (χ1) is 20.4. The summed E-state index contributed by atoms with van der Waals surface area (Å²) in [6.07, 6.45) is 3.26. The van der Waals surface area contributed by atoms with Crippen molar-refractivity contribution < 1.29 is 14.4 Å². The van der Waals surface area contributed by atoms with Gasteiger partial charge in [0.2, 0.25) is 11.8 Å². The molecule has 0 radical (unpaired) electrons. The number of fused-ring (bicyclic) bond motifs is 5. The molecular weight excluding hydrogens is 612 g/mol. The van der Waals surface area contributed by atoms with E-state index in [2.05, 4.69) is 53.1 Å². The third-order valence-electron chi connectivity index (χ3n) is 9.07. The number of nitrogens with zero attached hydrogens (tertiary/aromatic N) is 7. The number of hydrogen-bond donors (Lipinski definition) is 1. The molecule has 3 atom stereocenters. The molecule has 3 aliphatic rings. The number of rotatable bonds is 5. The van der Waals surface area contributed by atoms with Crippen LogP contribution >= 0.6 is 15.9 Å². The molecule has 0 bridgehead atoms. The second-order valence-electron chi connectivity index (χ2n) is 12.3. The SMILES string of the molecule is CC(=O)c1nn(CC(=O)N2[C@H](C(=O)Nc3nc(Br)ccc3C)C[C@@]3(C)C[C@@H]23)c2cc3c(cc12)-c1cnc(C)nc1N(C)C3. The van der Waals surface area contributed by atoms with Crippen molar-refractivity contribution in [3.63, 3.8) is 0 Å². The lowest BCUT2D eigenvalue weighted by Gasteiger charge is -2.28. The van der Waals surface area contributed by atoms with Crippen LogP contribution in [0.15, 0.2) is 35.1 Å². The molecule has 1 aromatic carbocycles. The molecule has 1 N–H and O–H groups in total. The smallest absolute Gasteiger partial charge is 0.248 e. The van der Waals surface area contributed by atoms with Gasteiger partial charge in [-0.2, -0.15) is 5.10 Å². The van der Waals surface area contributed by atoms with E-state index in [9.17, 15) is 14.4 Å². The highest BCUT2D eigenvalue weighted by molar-refractivity contribution is 9.10. The van der Waals surface area contributed by atoms with Crippen LogP contribution in [-0.2, 0) is 22.7 Å². The Hall–Kier alpha value is -4.19. The van der Waals surface area contributed by atoms with Gasteiger partial charge in [0.25, 0.3) is 0 Å². The van der Waals surface area contributed by atoms with E-state index in [1.165, 1.54) is 6.92 Å². The first-order valence-corrected chi connectivity index (χ1v) is 15.1. The Morgan fingerprint density at radius 3 is 2.67 bits per heavy atom. The van der Waals surface area contributed by atoms with Gasteiger partial charge in [0.05, 0.1) is 5.52 Å². The average Bonchev–Trinajstić information content (AvgIpc) is 3.32. The molecule has 0 spiro atoms. The quantitative estimate of drug-likeness (QED) is 0.250. The van der Waals surface area contributed by atoms with E-state index in [1.54, 1.807) is 9.58 Å². The Morgan fingerprint density at radius 2 is 1.91 bits per heavy atom. The Labute approximate surface area is 256 Å². The van der Waals surface area contributed by atoms with Gasteiger partial charge in [-0.1, -0.05) is 13.0 Å². The molecule has 7 rings (SSSR count). The van der Waals surface area contributed by atoms with Gasteiger partial charge in [0.15, 0.2) is 5.78 Å². The number of pyridine rings is 1. The predicted octanol–water partition coefficient (Wildman–Crippen LogP) is 4.44. The summed E-state index contributed by atoms with van der Waals surface area (Å²) < 4.78 is 2.23. The Balaban J connectivity index is 1.23. The number of likely N-dealkylation sites (tertiary alicyclic amines) is 1. The summed E-state index contributed by atoms with van der Waals surface area (Å²) in [5, 5.41) is 8.26. The highest BCUT2D eigenvalue weighted by Crippen LogP contribution is 2.59.